The molecule has 480 valence electrons. The molecule has 1 unspecified atom stereocenters. The first-order valence-corrected chi connectivity index (χ1v) is 31.6. The Morgan fingerprint density at radius 1 is 0.484 bits per heavy atom. The lowest BCUT2D eigenvalue weighted by Gasteiger charge is -2.52. The lowest BCUT2D eigenvalue weighted by atomic mass is 9.93. The Morgan fingerprint density at radius 3 is 1.37 bits per heavy atom. The van der Waals surface area contributed by atoms with Gasteiger partial charge in [0.1, 0.15) is 61.0 Å². The van der Waals surface area contributed by atoms with Crippen molar-refractivity contribution in [2.45, 2.75) is 156 Å². The molecule has 1 amide bonds. The maximum absolute atomic E-state index is 13.7. The van der Waals surface area contributed by atoms with Crippen LogP contribution in [0.1, 0.15) is 59.1 Å². The molecule has 4 saturated heterocycles. The van der Waals surface area contributed by atoms with Gasteiger partial charge in [-0.25, -0.2) is 0 Å². The second kappa shape index (κ2) is 32.6. The van der Waals surface area contributed by atoms with E-state index in [-0.39, 0.29) is 58.8 Å². The monoisotopic (exact) mass is 1300 g/mol. The molecule has 0 bridgehead atoms. The quantitative estimate of drug-likeness (QED) is 0.0297. The third-order valence-corrected chi connectivity index (χ3v) is 16.5. The molecule has 20 heteroatoms. The van der Waals surface area contributed by atoms with Crippen LogP contribution in [0, 0.1) is 5.41 Å². The first kappa shape index (κ1) is 66.3. The second-order valence-corrected chi connectivity index (χ2v) is 24.9. The summed E-state index contributed by atoms with van der Waals surface area (Å²) in [6.07, 6.45) is -16.0. The minimum Gasteiger partial charge on any atom is -0.445 e. The van der Waals surface area contributed by atoms with E-state index in [0.29, 0.717) is 0 Å². The molecule has 11 rings (SSSR count). The molecule has 4 aliphatic rings. The summed E-state index contributed by atoms with van der Waals surface area (Å²) in [6, 6.07) is 66.7. The van der Waals surface area contributed by atoms with Gasteiger partial charge in [-0.1, -0.05) is 247 Å². The van der Waals surface area contributed by atoms with Crippen molar-refractivity contribution >= 4 is 46.6 Å². The van der Waals surface area contributed by atoms with E-state index >= 15 is 0 Å². The van der Waals surface area contributed by atoms with E-state index in [9.17, 15) is 4.79 Å². The van der Waals surface area contributed by atoms with Crippen molar-refractivity contribution in [3.05, 3.63) is 251 Å². The molecule has 16 atom stereocenters. The fourth-order valence-corrected chi connectivity index (χ4v) is 11.7. The molecule has 91 heavy (non-hydrogen) atoms. The molecule has 7 aromatic rings. The smallest absolute Gasteiger partial charge is 0.265 e. The average Bonchev–Trinajstić information content (AvgIpc) is 0.939. The summed E-state index contributed by atoms with van der Waals surface area (Å²) >= 11 is 19.2. The van der Waals surface area contributed by atoms with Crippen molar-refractivity contribution in [1.29, 1.82) is 5.41 Å². The highest BCUT2D eigenvalue weighted by Gasteiger charge is 2.58. The second-order valence-electron chi connectivity index (χ2n) is 22.7. The SMILES string of the molecule is CC(=O)N[C@@H]1[C@H](O[C@H]2[C@H](OCc3ccccc3)[C@@H](OCc3ccccc3)[C@@H](O[C@H]3[C@H](OC(=N)C(Cl)(Cl)Cl)O[C@@H](C)[C@H](OCc4ccccc4)[C@H]3OCc3ccccc3)O[C@@H]2COCc2ccccc2)O[C@@H]2COC(c3ccccc3)O[C@H]2[C@@H]1OCc1ccccc1. The van der Waals surface area contributed by atoms with E-state index < -0.39 is 108 Å². The predicted molar refractivity (Wildman–Crippen MR) is 339 cm³/mol. The fraction of sp³-hybridized carbons (Fsp3) is 0.380. The summed E-state index contributed by atoms with van der Waals surface area (Å²) < 4.78 is 95.0. The summed E-state index contributed by atoms with van der Waals surface area (Å²) in [6.45, 7) is 3.85. The van der Waals surface area contributed by atoms with Gasteiger partial charge < -0.3 is 71.6 Å². The Labute approximate surface area is 545 Å². The molecule has 17 nitrogen and oxygen atoms in total. The summed E-state index contributed by atoms with van der Waals surface area (Å²) in [5.74, 6) is -1.12. The molecule has 4 fully saturated rings. The van der Waals surface area contributed by atoms with E-state index in [2.05, 4.69) is 5.32 Å². The molecular weight excluding hydrogens is 1230 g/mol. The normalized spacial score (nSPS) is 28.3. The van der Waals surface area contributed by atoms with Crippen molar-refractivity contribution in [2.75, 3.05) is 13.2 Å². The van der Waals surface area contributed by atoms with Crippen LogP contribution in [0.3, 0.4) is 0 Å². The van der Waals surface area contributed by atoms with Crippen molar-refractivity contribution < 1.29 is 71.1 Å². The number of rotatable bonds is 26. The number of halogens is 3. The van der Waals surface area contributed by atoms with Crippen LogP contribution in [0.15, 0.2) is 212 Å². The average molecular weight is 1300 g/mol. The number of hydrogen-bond acceptors (Lipinski definition) is 16. The molecule has 0 saturated carbocycles. The number of alkyl halides is 3. The predicted octanol–water partition coefficient (Wildman–Crippen LogP) is 12.1. The summed E-state index contributed by atoms with van der Waals surface area (Å²) in [4.78, 5) is 13.7. The van der Waals surface area contributed by atoms with Gasteiger partial charge in [-0.2, -0.15) is 0 Å². The van der Waals surface area contributed by atoms with E-state index in [4.69, 9.17) is 107 Å². The minimum atomic E-state index is -2.32. The van der Waals surface area contributed by atoms with Crippen LogP contribution in [-0.2, 0) is 111 Å². The van der Waals surface area contributed by atoms with Crippen LogP contribution in [0.5, 0.6) is 0 Å². The number of benzene rings is 7. The standard InChI is InChI=1S/C71H75Cl3N2O15/c1-46-58(79-39-49-26-12-4-13-27-49)62(81-41-51-30-16-6-17-31-51)65(69(85-46)91-70(75)71(72,73)74)90-68-64(83-43-53-34-20-8-21-35-53)63(82-42-52-32-18-7-19-33-52)60(55(87-68)44-78-38-48-24-10-3-11-25-48)89-67-57(76-47(2)77)61(80-40-50-28-14-5-15-29-50)59-56(86-67)45-84-66(88-59)54-36-22-9-23-37-54/h3-37,46,55-69,75H,38-45H2,1-2H3,(H,76,77)/t46-,55+,56+,57-,58-,59+,60+,61+,62+,63-,64+,65+,66?,67-,68+,69-/m0/s1. The molecule has 0 aliphatic carbocycles. The molecule has 0 spiro atoms. The Hall–Kier alpha value is -6.17. The highest BCUT2D eigenvalue weighted by atomic mass is 35.6. The third kappa shape index (κ3) is 18.2. The molecule has 2 N–H and O–H groups in total. The van der Waals surface area contributed by atoms with Crippen LogP contribution in [-0.4, -0.2) is 121 Å². The highest BCUT2D eigenvalue weighted by Crippen LogP contribution is 2.41. The van der Waals surface area contributed by atoms with Crippen molar-refractivity contribution in [2.24, 2.45) is 0 Å². The van der Waals surface area contributed by atoms with Crippen LogP contribution in [0.4, 0.5) is 0 Å². The summed E-state index contributed by atoms with van der Waals surface area (Å²) in [7, 11) is 0. The van der Waals surface area contributed by atoms with Gasteiger partial charge in [0, 0.05) is 12.5 Å². The van der Waals surface area contributed by atoms with Crippen LogP contribution >= 0.6 is 34.8 Å². The number of carbonyl (C=O) groups excluding carboxylic acids is 1. The topological polar surface area (TPSA) is 182 Å². The van der Waals surface area contributed by atoms with Crippen molar-refractivity contribution in [3.63, 3.8) is 0 Å². The highest BCUT2D eigenvalue weighted by molar-refractivity contribution is 6.76. The maximum atomic E-state index is 13.7. The zero-order valence-electron chi connectivity index (χ0n) is 50.4. The summed E-state index contributed by atoms with van der Waals surface area (Å²) in [5, 5.41) is 12.1. The maximum Gasteiger partial charge on any atom is 0.265 e. The number of nitrogens with one attached hydrogen (secondary N) is 2. The number of carbonyl (C=O) groups is 1. The third-order valence-electron chi connectivity index (χ3n) is 16.0. The van der Waals surface area contributed by atoms with Crippen molar-refractivity contribution in [3.8, 4) is 0 Å². The first-order valence-electron chi connectivity index (χ1n) is 30.5. The number of fused-ring (bicyclic) bond motifs is 1. The molecule has 0 aromatic heterocycles. The van der Waals surface area contributed by atoms with Gasteiger partial charge >= 0.3 is 0 Å². The molecule has 4 aliphatic heterocycles. The summed E-state index contributed by atoms with van der Waals surface area (Å²) in [5.41, 5.74) is 5.97. The van der Waals surface area contributed by atoms with Crippen LogP contribution < -0.4 is 5.32 Å². The van der Waals surface area contributed by atoms with E-state index in [1.807, 2.05) is 219 Å². The largest absolute Gasteiger partial charge is 0.445 e. The van der Waals surface area contributed by atoms with Crippen molar-refractivity contribution in [1.82, 2.24) is 5.32 Å². The number of hydrogen-bond donors (Lipinski definition) is 2. The van der Waals surface area contributed by atoms with E-state index in [0.717, 1.165) is 38.9 Å². The zero-order valence-corrected chi connectivity index (χ0v) is 52.6. The van der Waals surface area contributed by atoms with Crippen LogP contribution in [0.25, 0.3) is 0 Å². The van der Waals surface area contributed by atoms with E-state index in [1.165, 1.54) is 6.92 Å². The molecule has 4 heterocycles. The van der Waals surface area contributed by atoms with Gasteiger partial charge in [-0.3, -0.25) is 10.2 Å². The van der Waals surface area contributed by atoms with Gasteiger partial charge in [0.15, 0.2) is 25.0 Å². The van der Waals surface area contributed by atoms with Crippen LogP contribution in [0.2, 0.25) is 0 Å². The molecule has 0 radical (unpaired) electrons. The molecular formula is C71H75Cl3N2O15. The van der Waals surface area contributed by atoms with Gasteiger partial charge in [0.05, 0.1) is 59.0 Å². The number of amides is 1. The Morgan fingerprint density at radius 2 is 0.901 bits per heavy atom. The lowest BCUT2D eigenvalue weighted by molar-refractivity contribution is -0.394. The van der Waals surface area contributed by atoms with Gasteiger partial charge in [-0.05, 0) is 40.3 Å². The Bertz CT molecular complexity index is 3300. The lowest BCUT2D eigenvalue weighted by Crippen LogP contribution is -2.70. The zero-order chi connectivity index (χ0) is 62.9. The Kier molecular flexibility index (Phi) is 23.7. The minimum absolute atomic E-state index is 0.0272. The number of ether oxygens (including phenoxy) is 14. The molecule has 7 aromatic carbocycles. The Balaban J connectivity index is 1.01. The fourth-order valence-electron chi connectivity index (χ4n) is 11.5. The van der Waals surface area contributed by atoms with Gasteiger partial charge in [0.25, 0.3) is 3.79 Å². The van der Waals surface area contributed by atoms with Gasteiger partial charge in [0.2, 0.25) is 18.1 Å². The van der Waals surface area contributed by atoms with Gasteiger partial charge in [-0.15, -0.1) is 0 Å². The van der Waals surface area contributed by atoms with E-state index in [1.54, 1.807) is 0 Å². The first-order chi connectivity index (χ1) is 44.4.